The highest BCUT2D eigenvalue weighted by molar-refractivity contribution is 7.89. The number of aromatic nitrogens is 1. The smallest absolute Gasteiger partial charge is 0.260 e. The Hall–Kier alpha value is -2.56. The monoisotopic (exact) mass is 423 g/mol. The number of hydrogen-bond donors (Lipinski definition) is 3. The van der Waals surface area contributed by atoms with Crippen molar-refractivity contribution in [2.75, 3.05) is 12.4 Å². The van der Waals surface area contributed by atoms with Gasteiger partial charge < -0.3 is 15.2 Å². The number of halogens is 1. The Kier molecular flexibility index (Phi) is 5.61. The minimum absolute atomic E-state index is 0.0141. The first-order valence-electron chi connectivity index (χ1n) is 8.88. The summed E-state index contributed by atoms with van der Waals surface area (Å²) in [6.07, 6.45) is 0.622. The number of pyridine rings is 1. The summed E-state index contributed by atoms with van der Waals surface area (Å²) >= 11 is 0. The second-order valence-corrected chi connectivity index (χ2v) is 9.02. The van der Waals surface area contributed by atoms with Crippen LogP contribution < -0.4 is 14.8 Å². The molecule has 1 amide bonds. The van der Waals surface area contributed by atoms with Gasteiger partial charge in [-0.15, -0.1) is 0 Å². The lowest BCUT2D eigenvalue weighted by atomic mass is 9.78. The summed E-state index contributed by atoms with van der Waals surface area (Å²) in [5.41, 5.74) is -0.773. The molecule has 1 aromatic carbocycles. The fourth-order valence-electron chi connectivity index (χ4n) is 3.20. The van der Waals surface area contributed by atoms with Crippen molar-refractivity contribution in [1.29, 1.82) is 0 Å². The number of benzene rings is 1. The molecule has 1 saturated carbocycles. The molecule has 8 nitrogen and oxygen atoms in total. The second kappa shape index (κ2) is 7.69. The lowest BCUT2D eigenvalue weighted by Gasteiger charge is -2.40. The van der Waals surface area contributed by atoms with E-state index in [0.717, 1.165) is 0 Å². The lowest BCUT2D eigenvalue weighted by Crippen LogP contribution is -2.53. The van der Waals surface area contributed by atoms with Gasteiger partial charge in [-0.25, -0.2) is 22.5 Å². The molecule has 1 fully saturated rings. The molecular weight excluding hydrogens is 401 g/mol. The quantitative estimate of drug-likeness (QED) is 0.654. The van der Waals surface area contributed by atoms with Crippen LogP contribution in [0.1, 0.15) is 35.8 Å². The zero-order valence-corrected chi connectivity index (χ0v) is 17.0. The van der Waals surface area contributed by atoms with E-state index in [1.54, 1.807) is 6.92 Å². The number of anilines is 1. The number of amides is 1. The Balaban J connectivity index is 1.84. The summed E-state index contributed by atoms with van der Waals surface area (Å²) in [6, 6.07) is 6.01. The molecule has 1 aliphatic carbocycles. The van der Waals surface area contributed by atoms with Crippen molar-refractivity contribution in [3.05, 3.63) is 47.4 Å². The summed E-state index contributed by atoms with van der Waals surface area (Å²) in [6.45, 7) is 3.10. The van der Waals surface area contributed by atoms with Crippen molar-refractivity contribution in [2.24, 2.45) is 0 Å². The van der Waals surface area contributed by atoms with Crippen LogP contribution in [0.2, 0.25) is 0 Å². The summed E-state index contributed by atoms with van der Waals surface area (Å²) in [7, 11) is -2.54. The number of nitrogens with zero attached hydrogens (tertiary/aromatic N) is 1. The van der Waals surface area contributed by atoms with Crippen LogP contribution in [0.3, 0.4) is 0 Å². The molecule has 0 radical (unpaired) electrons. The third-order valence-corrected chi connectivity index (χ3v) is 6.20. The van der Waals surface area contributed by atoms with E-state index in [4.69, 9.17) is 4.74 Å². The molecule has 3 rings (SSSR count). The number of hydrogen-bond acceptors (Lipinski definition) is 6. The van der Waals surface area contributed by atoms with Crippen LogP contribution in [0.25, 0.3) is 0 Å². The largest absolute Gasteiger partial charge is 0.496 e. The van der Waals surface area contributed by atoms with Crippen molar-refractivity contribution in [3.8, 4) is 5.75 Å². The van der Waals surface area contributed by atoms with Crippen molar-refractivity contribution in [2.45, 2.75) is 43.2 Å². The third-order valence-electron chi connectivity index (χ3n) is 4.68. The molecule has 0 atom stereocenters. The lowest BCUT2D eigenvalue weighted by molar-refractivity contribution is -0.0329. The molecule has 2 aromatic rings. The zero-order chi connectivity index (χ0) is 21.4. The van der Waals surface area contributed by atoms with Gasteiger partial charge in [0, 0.05) is 6.04 Å². The highest BCUT2D eigenvalue weighted by Crippen LogP contribution is 2.33. The molecule has 3 N–H and O–H groups in total. The minimum Gasteiger partial charge on any atom is -0.496 e. The fraction of sp³-hybridized carbons (Fsp3) is 0.368. The van der Waals surface area contributed by atoms with E-state index >= 15 is 0 Å². The van der Waals surface area contributed by atoms with Crippen molar-refractivity contribution in [3.63, 3.8) is 0 Å². The highest BCUT2D eigenvalue weighted by Gasteiger charge is 2.40. The average molecular weight is 423 g/mol. The van der Waals surface area contributed by atoms with Crippen LogP contribution in [-0.4, -0.2) is 43.2 Å². The number of ether oxygens (including phenoxy) is 1. The molecule has 10 heteroatoms. The highest BCUT2D eigenvalue weighted by atomic mass is 32.2. The Morgan fingerprint density at radius 1 is 1.31 bits per heavy atom. The molecule has 1 aromatic heterocycles. The number of nitrogens with one attached hydrogen (secondary N) is 2. The zero-order valence-electron chi connectivity index (χ0n) is 16.2. The maximum Gasteiger partial charge on any atom is 0.260 e. The standard InChI is InChI=1S/C19H22FN3O5S/c1-11-15(20)5-7-17(21-11)22-18(24)14-8-13(4-6-16(14)28-3)29(26,27)23-12-9-19(2,25)10-12/h4-8,12,23,25H,9-10H2,1-3H3,(H,21,22,24). The predicted octanol–water partition coefficient (Wildman–Crippen LogP) is 1.98. The van der Waals surface area contributed by atoms with Gasteiger partial charge in [0.15, 0.2) is 0 Å². The summed E-state index contributed by atoms with van der Waals surface area (Å²) in [4.78, 5) is 16.5. The normalized spacial score (nSPS) is 21.3. The molecule has 29 heavy (non-hydrogen) atoms. The van der Waals surface area contributed by atoms with Gasteiger partial charge in [-0.05, 0) is 57.0 Å². The van der Waals surface area contributed by atoms with Gasteiger partial charge >= 0.3 is 0 Å². The number of carbonyl (C=O) groups excluding carboxylic acids is 1. The van der Waals surface area contributed by atoms with E-state index in [0.29, 0.717) is 12.8 Å². The van der Waals surface area contributed by atoms with E-state index in [1.165, 1.54) is 44.4 Å². The van der Waals surface area contributed by atoms with Gasteiger partial charge in [0.05, 0.1) is 28.9 Å². The van der Waals surface area contributed by atoms with Crippen LogP contribution in [0, 0.1) is 12.7 Å². The van der Waals surface area contributed by atoms with Gasteiger partial charge in [-0.3, -0.25) is 4.79 Å². The molecule has 156 valence electrons. The SMILES string of the molecule is COc1ccc(S(=O)(=O)NC2CC(C)(O)C2)cc1C(=O)Nc1ccc(F)c(C)n1. The minimum atomic E-state index is -3.90. The number of aryl methyl sites for hydroxylation is 1. The third kappa shape index (κ3) is 4.72. The summed E-state index contributed by atoms with van der Waals surface area (Å²) < 4.78 is 46.3. The molecule has 0 bridgehead atoms. The number of carbonyl (C=O) groups is 1. The topological polar surface area (TPSA) is 118 Å². The summed E-state index contributed by atoms with van der Waals surface area (Å²) in [5.74, 6) is -0.857. The maximum absolute atomic E-state index is 13.4. The fourth-order valence-corrected chi connectivity index (χ4v) is 4.46. The second-order valence-electron chi connectivity index (χ2n) is 7.30. The van der Waals surface area contributed by atoms with E-state index < -0.39 is 27.3 Å². The van der Waals surface area contributed by atoms with Crippen molar-refractivity contribution >= 4 is 21.7 Å². The van der Waals surface area contributed by atoms with E-state index in [-0.39, 0.29) is 33.8 Å². The van der Waals surface area contributed by atoms with Crippen molar-refractivity contribution in [1.82, 2.24) is 9.71 Å². The van der Waals surface area contributed by atoms with Gasteiger partial charge in [0.1, 0.15) is 17.4 Å². The van der Waals surface area contributed by atoms with Crippen LogP contribution in [0.15, 0.2) is 35.2 Å². The number of aliphatic hydroxyl groups is 1. The Morgan fingerprint density at radius 3 is 2.59 bits per heavy atom. The van der Waals surface area contributed by atoms with Crippen molar-refractivity contribution < 1.29 is 27.4 Å². The number of sulfonamides is 1. The molecule has 0 unspecified atom stereocenters. The van der Waals surface area contributed by atoms with E-state index in [2.05, 4.69) is 15.0 Å². The Morgan fingerprint density at radius 2 is 2.00 bits per heavy atom. The predicted molar refractivity (Wildman–Crippen MR) is 104 cm³/mol. The number of rotatable bonds is 6. The average Bonchev–Trinajstić information content (AvgIpc) is 2.62. The van der Waals surface area contributed by atoms with E-state index in [1.807, 2.05) is 0 Å². The van der Waals surface area contributed by atoms with Crippen LogP contribution in [-0.2, 0) is 10.0 Å². The molecular formula is C19H22FN3O5S. The van der Waals surface area contributed by atoms with Crippen LogP contribution in [0.5, 0.6) is 5.75 Å². The van der Waals surface area contributed by atoms with Gasteiger partial charge in [-0.2, -0.15) is 0 Å². The maximum atomic E-state index is 13.4. The first-order chi connectivity index (χ1) is 13.5. The van der Waals surface area contributed by atoms with E-state index in [9.17, 15) is 22.7 Å². The molecule has 1 aliphatic rings. The van der Waals surface area contributed by atoms with Crippen LogP contribution >= 0.6 is 0 Å². The first kappa shape index (κ1) is 21.2. The van der Waals surface area contributed by atoms with Gasteiger partial charge in [0.2, 0.25) is 10.0 Å². The molecule has 0 saturated heterocycles. The van der Waals surface area contributed by atoms with Gasteiger partial charge in [-0.1, -0.05) is 0 Å². The van der Waals surface area contributed by atoms with Gasteiger partial charge in [0.25, 0.3) is 5.91 Å². The first-order valence-corrected chi connectivity index (χ1v) is 10.4. The molecule has 1 heterocycles. The number of methoxy groups -OCH3 is 1. The summed E-state index contributed by atoms with van der Waals surface area (Å²) in [5, 5.41) is 12.3. The molecule has 0 spiro atoms. The Labute approximate surface area is 168 Å². The molecule has 0 aliphatic heterocycles. The van der Waals surface area contributed by atoms with Crippen LogP contribution in [0.4, 0.5) is 10.2 Å². The Bertz CT molecular complexity index is 1050.